The Balaban J connectivity index is 1.90. The molecule has 0 unspecified atom stereocenters. The summed E-state index contributed by atoms with van der Waals surface area (Å²) in [6.45, 7) is 1.75. The van der Waals surface area contributed by atoms with E-state index in [0.29, 0.717) is 12.4 Å². The fourth-order valence-electron chi connectivity index (χ4n) is 2.03. The Kier molecular flexibility index (Phi) is 7.70. The van der Waals surface area contributed by atoms with Crippen LogP contribution in [-0.2, 0) is 9.53 Å². The number of carbonyl (C=O) groups is 3. The number of rotatable bonds is 8. The summed E-state index contributed by atoms with van der Waals surface area (Å²) in [6, 6.07) is 5.70. The lowest BCUT2D eigenvalue weighted by Crippen LogP contribution is -2.43. The third-order valence-electron chi connectivity index (χ3n) is 3.31. The van der Waals surface area contributed by atoms with Crippen LogP contribution < -0.4 is 20.3 Å². The van der Waals surface area contributed by atoms with Gasteiger partial charge in [0.1, 0.15) is 0 Å². The lowest BCUT2D eigenvalue weighted by atomic mass is 10.2. The van der Waals surface area contributed by atoms with Crippen LogP contribution in [0.5, 0.6) is 11.5 Å². The molecule has 9 nitrogen and oxygen atoms in total. The van der Waals surface area contributed by atoms with Gasteiger partial charge in [0.05, 0.1) is 30.6 Å². The van der Waals surface area contributed by atoms with Gasteiger partial charge in [-0.1, -0.05) is 18.5 Å². The second-order valence-electron chi connectivity index (χ2n) is 5.39. The minimum absolute atomic E-state index is 0.0180. The van der Waals surface area contributed by atoms with Crippen molar-refractivity contribution >= 4 is 29.4 Å². The van der Waals surface area contributed by atoms with Crippen molar-refractivity contribution in [3.8, 4) is 11.5 Å². The quantitative estimate of drug-likeness (QED) is 0.506. The van der Waals surface area contributed by atoms with Crippen LogP contribution in [0.4, 0.5) is 0 Å². The summed E-state index contributed by atoms with van der Waals surface area (Å²) in [5, 5.41) is 0.176. The molecular formula is C18H19ClN2O7. The molecule has 10 heteroatoms. The number of halogens is 1. The molecule has 0 saturated heterocycles. The number of methoxy groups -OCH3 is 1. The Morgan fingerprint density at radius 1 is 1.21 bits per heavy atom. The first-order chi connectivity index (χ1) is 13.5. The van der Waals surface area contributed by atoms with Crippen molar-refractivity contribution in [1.29, 1.82) is 0 Å². The van der Waals surface area contributed by atoms with Crippen molar-refractivity contribution in [3.05, 3.63) is 46.9 Å². The molecule has 0 atom stereocenters. The third kappa shape index (κ3) is 5.65. The average molecular weight is 411 g/mol. The molecule has 2 aromatic rings. The van der Waals surface area contributed by atoms with E-state index in [1.807, 2.05) is 6.92 Å². The SMILES string of the molecule is CCCOc1c(Cl)cc(C(=O)OCC(=O)NNC(=O)c2ccco2)cc1OC. The van der Waals surface area contributed by atoms with Gasteiger partial charge < -0.3 is 18.6 Å². The Morgan fingerprint density at radius 2 is 2.00 bits per heavy atom. The molecule has 1 heterocycles. The first-order valence-corrected chi connectivity index (χ1v) is 8.64. The Hall–Kier alpha value is -3.20. The van der Waals surface area contributed by atoms with E-state index < -0.39 is 24.4 Å². The number of esters is 1. The Morgan fingerprint density at radius 3 is 2.64 bits per heavy atom. The number of hydrogen-bond donors (Lipinski definition) is 2. The summed E-state index contributed by atoms with van der Waals surface area (Å²) in [5.41, 5.74) is 4.30. The van der Waals surface area contributed by atoms with Gasteiger partial charge in [-0.3, -0.25) is 20.4 Å². The first-order valence-electron chi connectivity index (χ1n) is 8.26. The largest absolute Gasteiger partial charge is 0.493 e. The molecule has 0 saturated carbocycles. The second kappa shape index (κ2) is 10.2. The zero-order valence-electron chi connectivity index (χ0n) is 15.2. The molecule has 0 spiro atoms. The van der Waals surface area contributed by atoms with Crippen molar-refractivity contribution in [2.45, 2.75) is 13.3 Å². The third-order valence-corrected chi connectivity index (χ3v) is 3.59. The Labute approximate surface area is 165 Å². The molecule has 1 aromatic carbocycles. The zero-order valence-corrected chi connectivity index (χ0v) is 16.0. The molecule has 0 bridgehead atoms. The van der Waals surface area contributed by atoms with E-state index in [9.17, 15) is 14.4 Å². The van der Waals surface area contributed by atoms with Gasteiger partial charge in [0.25, 0.3) is 5.91 Å². The van der Waals surface area contributed by atoms with E-state index in [0.717, 1.165) is 6.42 Å². The highest BCUT2D eigenvalue weighted by Crippen LogP contribution is 2.36. The summed E-state index contributed by atoms with van der Waals surface area (Å²) < 4.78 is 20.5. The van der Waals surface area contributed by atoms with Gasteiger partial charge in [-0.05, 0) is 30.7 Å². The Bertz CT molecular complexity index is 837. The van der Waals surface area contributed by atoms with Gasteiger partial charge in [0, 0.05) is 0 Å². The van der Waals surface area contributed by atoms with Gasteiger partial charge in [-0.15, -0.1) is 0 Å². The normalized spacial score (nSPS) is 10.1. The molecule has 2 amide bonds. The summed E-state index contributed by atoms with van der Waals surface area (Å²) in [6.07, 6.45) is 2.09. The van der Waals surface area contributed by atoms with Gasteiger partial charge in [-0.2, -0.15) is 0 Å². The average Bonchev–Trinajstić information content (AvgIpc) is 3.23. The van der Waals surface area contributed by atoms with Crippen molar-refractivity contribution < 1.29 is 33.0 Å². The van der Waals surface area contributed by atoms with E-state index >= 15 is 0 Å². The maximum absolute atomic E-state index is 12.2. The first kappa shape index (κ1) is 21.1. The van der Waals surface area contributed by atoms with Crippen LogP contribution in [0.15, 0.2) is 34.9 Å². The zero-order chi connectivity index (χ0) is 20.5. The standard InChI is InChI=1S/C18H19ClN2O7/c1-3-6-27-16-12(19)8-11(9-14(16)25-2)18(24)28-10-15(22)20-21-17(23)13-5-4-7-26-13/h4-5,7-9H,3,6,10H2,1-2H3,(H,20,22)(H,21,23). The number of benzene rings is 1. The molecule has 0 radical (unpaired) electrons. The maximum atomic E-state index is 12.2. The molecule has 2 rings (SSSR count). The van der Waals surface area contributed by atoms with E-state index in [1.54, 1.807) is 0 Å². The fourth-order valence-corrected chi connectivity index (χ4v) is 2.29. The minimum Gasteiger partial charge on any atom is -0.493 e. The maximum Gasteiger partial charge on any atom is 0.338 e. The van der Waals surface area contributed by atoms with Crippen LogP contribution in [0.2, 0.25) is 5.02 Å². The van der Waals surface area contributed by atoms with Crippen LogP contribution >= 0.6 is 11.6 Å². The van der Waals surface area contributed by atoms with E-state index in [2.05, 4.69) is 10.9 Å². The van der Waals surface area contributed by atoms with Gasteiger partial charge in [0.15, 0.2) is 23.9 Å². The number of ether oxygens (including phenoxy) is 3. The van der Waals surface area contributed by atoms with Crippen LogP contribution in [0.25, 0.3) is 0 Å². The summed E-state index contributed by atoms with van der Waals surface area (Å²) in [5.74, 6) is -1.58. The lowest BCUT2D eigenvalue weighted by Gasteiger charge is -2.13. The molecule has 0 aliphatic rings. The monoisotopic (exact) mass is 410 g/mol. The van der Waals surface area contributed by atoms with Gasteiger partial charge in [-0.25, -0.2) is 4.79 Å². The summed E-state index contributed by atoms with van der Waals surface area (Å²) >= 11 is 6.14. The molecule has 28 heavy (non-hydrogen) atoms. The summed E-state index contributed by atoms with van der Waals surface area (Å²) in [7, 11) is 1.41. The molecular weight excluding hydrogens is 392 g/mol. The van der Waals surface area contributed by atoms with Crippen molar-refractivity contribution in [2.75, 3.05) is 20.3 Å². The van der Waals surface area contributed by atoms with Crippen LogP contribution in [-0.4, -0.2) is 38.1 Å². The molecule has 150 valence electrons. The highest BCUT2D eigenvalue weighted by atomic mass is 35.5. The van der Waals surface area contributed by atoms with Crippen molar-refractivity contribution in [2.24, 2.45) is 0 Å². The number of carbonyl (C=O) groups excluding carboxylic acids is 3. The highest BCUT2D eigenvalue weighted by Gasteiger charge is 2.18. The number of furan rings is 1. The highest BCUT2D eigenvalue weighted by molar-refractivity contribution is 6.32. The van der Waals surface area contributed by atoms with E-state index in [4.69, 9.17) is 30.2 Å². The predicted octanol–water partition coefficient (Wildman–Crippen LogP) is 2.35. The van der Waals surface area contributed by atoms with E-state index in [1.165, 1.54) is 37.6 Å². The van der Waals surface area contributed by atoms with Gasteiger partial charge in [0.2, 0.25) is 0 Å². The number of amides is 2. The predicted molar refractivity (Wildman–Crippen MR) is 98.4 cm³/mol. The van der Waals surface area contributed by atoms with Crippen LogP contribution in [0.1, 0.15) is 34.3 Å². The number of nitrogens with one attached hydrogen (secondary N) is 2. The molecule has 0 fully saturated rings. The van der Waals surface area contributed by atoms with Gasteiger partial charge >= 0.3 is 11.9 Å². The fraction of sp³-hybridized carbons (Fsp3) is 0.278. The topological polar surface area (TPSA) is 116 Å². The number of hydrazine groups is 1. The van der Waals surface area contributed by atoms with Crippen molar-refractivity contribution in [1.82, 2.24) is 10.9 Å². The smallest absolute Gasteiger partial charge is 0.338 e. The summed E-state index contributed by atoms with van der Waals surface area (Å²) in [4.78, 5) is 35.5. The van der Waals surface area contributed by atoms with Crippen LogP contribution in [0.3, 0.4) is 0 Å². The molecule has 1 aromatic heterocycles. The molecule has 0 aliphatic heterocycles. The molecule has 2 N–H and O–H groups in total. The lowest BCUT2D eigenvalue weighted by molar-refractivity contribution is -0.125. The van der Waals surface area contributed by atoms with Crippen LogP contribution in [0, 0.1) is 0 Å². The molecule has 0 aliphatic carbocycles. The van der Waals surface area contributed by atoms with Crippen molar-refractivity contribution in [3.63, 3.8) is 0 Å². The van der Waals surface area contributed by atoms with E-state index in [-0.39, 0.29) is 22.1 Å². The second-order valence-corrected chi connectivity index (χ2v) is 5.80. The minimum atomic E-state index is -0.797. The number of hydrogen-bond acceptors (Lipinski definition) is 7.